The summed E-state index contributed by atoms with van der Waals surface area (Å²) in [5.41, 5.74) is 1.01. The van der Waals surface area contributed by atoms with E-state index in [0.717, 1.165) is 36.4 Å². The fourth-order valence-corrected chi connectivity index (χ4v) is 3.27. The number of nitrogens with zero attached hydrogens (tertiary/aromatic N) is 3. The molecular formula is C14H24N4S. The van der Waals surface area contributed by atoms with E-state index in [-0.39, 0.29) is 0 Å². The summed E-state index contributed by atoms with van der Waals surface area (Å²) < 4.78 is 0. The molecule has 0 aliphatic carbocycles. The second kappa shape index (κ2) is 7.10. The Morgan fingerprint density at radius 1 is 1.42 bits per heavy atom. The normalized spacial score (nSPS) is 20.0. The number of thioether (sulfide) groups is 1. The molecule has 1 atom stereocenters. The molecule has 0 aromatic carbocycles. The Balaban J connectivity index is 1.93. The number of anilines is 1. The molecule has 0 amide bonds. The molecule has 2 heterocycles. The Morgan fingerprint density at radius 3 is 2.89 bits per heavy atom. The van der Waals surface area contributed by atoms with Crippen LogP contribution in [0.15, 0.2) is 12.4 Å². The number of hydrogen-bond donors (Lipinski definition) is 1. The van der Waals surface area contributed by atoms with Crippen LogP contribution in [0.2, 0.25) is 0 Å². The van der Waals surface area contributed by atoms with Gasteiger partial charge < -0.3 is 10.2 Å². The highest BCUT2D eigenvalue weighted by molar-refractivity contribution is 8.00. The fourth-order valence-electron chi connectivity index (χ4n) is 2.09. The van der Waals surface area contributed by atoms with Crippen LogP contribution in [0.5, 0.6) is 0 Å². The molecule has 1 aliphatic rings. The first-order valence-corrected chi connectivity index (χ1v) is 8.14. The molecule has 0 saturated carbocycles. The van der Waals surface area contributed by atoms with E-state index in [1.54, 1.807) is 0 Å². The maximum Gasteiger partial charge on any atom is 0.147 e. The fraction of sp³-hybridized carbons (Fsp3) is 0.714. The van der Waals surface area contributed by atoms with Gasteiger partial charge in [0.2, 0.25) is 0 Å². The van der Waals surface area contributed by atoms with Crippen molar-refractivity contribution in [3.8, 4) is 0 Å². The average molecular weight is 280 g/mol. The van der Waals surface area contributed by atoms with E-state index in [2.05, 4.69) is 52.7 Å². The predicted octanol–water partition coefficient (Wildman–Crippen LogP) is 2.31. The van der Waals surface area contributed by atoms with Crippen LogP contribution in [-0.2, 0) is 6.54 Å². The minimum absolute atomic E-state index is 0.478. The van der Waals surface area contributed by atoms with Gasteiger partial charge in [-0.25, -0.2) is 4.98 Å². The summed E-state index contributed by atoms with van der Waals surface area (Å²) in [6.07, 6.45) is 5.04. The summed E-state index contributed by atoms with van der Waals surface area (Å²) in [6, 6.07) is 0.478. The number of aromatic nitrogens is 2. The van der Waals surface area contributed by atoms with E-state index >= 15 is 0 Å². The van der Waals surface area contributed by atoms with Gasteiger partial charge in [0.25, 0.3) is 0 Å². The van der Waals surface area contributed by atoms with Crippen molar-refractivity contribution in [2.45, 2.75) is 45.0 Å². The minimum Gasteiger partial charge on any atom is -0.353 e. The number of hydrogen-bond acceptors (Lipinski definition) is 5. The van der Waals surface area contributed by atoms with Crippen LogP contribution in [-0.4, -0.2) is 40.1 Å². The SMILES string of the molecule is CCC1CN(c2cnc(CNC(C)C)cn2)CCS1. The first kappa shape index (κ1) is 14.6. The van der Waals surface area contributed by atoms with E-state index in [1.165, 1.54) is 12.2 Å². The van der Waals surface area contributed by atoms with E-state index < -0.39 is 0 Å². The molecule has 1 N–H and O–H groups in total. The Labute approximate surface area is 120 Å². The third-order valence-corrected chi connectivity index (χ3v) is 4.67. The van der Waals surface area contributed by atoms with Crippen LogP contribution >= 0.6 is 11.8 Å². The molecule has 1 unspecified atom stereocenters. The molecule has 1 fully saturated rings. The Kier molecular flexibility index (Phi) is 5.45. The molecule has 1 saturated heterocycles. The van der Waals surface area contributed by atoms with Crippen molar-refractivity contribution in [3.63, 3.8) is 0 Å². The van der Waals surface area contributed by atoms with E-state index in [9.17, 15) is 0 Å². The maximum atomic E-state index is 4.56. The molecule has 19 heavy (non-hydrogen) atoms. The van der Waals surface area contributed by atoms with Gasteiger partial charge in [-0.15, -0.1) is 0 Å². The lowest BCUT2D eigenvalue weighted by Crippen LogP contribution is -2.38. The highest BCUT2D eigenvalue weighted by Crippen LogP contribution is 2.24. The standard InChI is InChI=1S/C14H24N4S/c1-4-13-10-18(5-6-19-13)14-9-16-12(8-17-14)7-15-11(2)3/h8-9,11,13,15H,4-7,10H2,1-3H3. The van der Waals surface area contributed by atoms with Crippen molar-refractivity contribution >= 4 is 17.6 Å². The molecular weight excluding hydrogens is 256 g/mol. The van der Waals surface area contributed by atoms with Crippen LogP contribution in [0.4, 0.5) is 5.82 Å². The van der Waals surface area contributed by atoms with Gasteiger partial charge in [-0.1, -0.05) is 20.8 Å². The summed E-state index contributed by atoms with van der Waals surface area (Å²) in [7, 11) is 0. The molecule has 1 aliphatic heterocycles. The van der Waals surface area contributed by atoms with Crippen LogP contribution in [0, 0.1) is 0 Å². The van der Waals surface area contributed by atoms with Crippen molar-refractivity contribution in [1.29, 1.82) is 0 Å². The van der Waals surface area contributed by atoms with Gasteiger partial charge in [0.1, 0.15) is 5.82 Å². The smallest absolute Gasteiger partial charge is 0.147 e. The summed E-state index contributed by atoms with van der Waals surface area (Å²) in [4.78, 5) is 11.4. The second-order valence-corrected chi connectivity index (χ2v) is 6.66. The molecule has 106 valence electrons. The topological polar surface area (TPSA) is 41.1 Å². The van der Waals surface area contributed by atoms with Gasteiger partial charge in [-0.2, -0.15) is 11.8 Å². The number of rotatable bonds is 5. The number of nitrogens with one attached hydrogen (secondary N) is 1. The van der Waals surface area contributed by atoms with Gasteiger partial charge in [-0.05, 0) is 6.42 Å². The first-order valence-electron chi connectivity index (χ1n) is 7.10. The van der Waals surface area contributed by atoms with E-state index in [4.69, 9.17) is 0 Å². The lowest BCUT2D eigenvalue weighted by molar-refractivity contribution is 0.580. The van der Waals surface area contributed by atoms with Crippen LogP contribution in [0.25, 0.3) is 0 Å². The zero-order chi connectivity index (χ0) is 13.7. The molecule has 4 nitrogen and oxygen atoms in total. The van der Waals surface area contributed by atoms with Gasteiger partial charge in [0.05, 0.1) is 18.1 Å². The lowest BCUT2D eigenvalue weighted by Gasteiger charge is -2.32. The Hall–Kier alpha value is -0.810. The van der Waals surface area contributed by atoms with Gasteiger partial charge in [-0.3, -0.25) is 4.98 Å². The predicted molar refractivity (Wildman–Crippen MR) is 82.8 cm³/mol. The minimum atomic E-state index is 0.478. The van der Waals surface area contributed by atoms with Gasteiger partial charge >= 0.3 is 0 Å². The van der Waals surface area contributed by atoms with E-state index in [1.807, 2.05) is 12.4 Å². The van der Waals surface area contributed by atoms with Crippen molar-refractivity contribution in [3.05, 3.63) is 18.1 Å². The highest BCUT2D eigenvalue weighted by Gasteiger charge is 2.20. The Bertz CT molecular complexity index is 380. The molecule has 2 rings (SSSR count). The lowest BCUT2D eigenvalue weighted by atomic mass is 10.3. The van der Waals surface area contributed by atoms with Crippen LogP contribution in [0.3, 0.4) is 0 Å². The largest absolute Gasteiger partial charge is 0.353 e. The Morgan fingerprint density at radius 2 is 2.26 bits per heavy atom. The second-order valence-electron chi connectivity index (χ2n) is 5.25. The summed E-state index contributed by atoms with van der Waals surface area (Å²) in [6.45, 7) is 9.50. The quantitative estimate of drug-likeness (QED) is 0.896. The first-order chi connectivity index (χ1) is 9.19. The van der Waals surface area contributed by atoms with Crippen LogP contribution in [0.1, 0.15) is 32.9 Å². The molecule has 5 heteroatoms. The maximum absolute atomic E-state index is 4.56. The molecule has 0 bridgehead atoms. The van der Waals surface area contributed by atoms with Crippen molar-refractivity contribution in [1.82, 2.24) is 15.3 Å². The third kappa shape index (κ3) is 4.35. The summed E-state index contributed by atoms with van der Waals surface area (Å²) in [5, 5.41) is 4.09. The average Bonchev–Trinajstić information content (AvgIpc) is 2.45. The van der Waals surface area contributed by atoms with Crippen LogP contribution < -0.4 is 10.2 Å². The van der Waals surface area contributed by atoms with Crippen molar-refractivity contribution < 1.29 is 0 Å². The third-order valence-electron chi connectivity index (χ3n) is 3.30. The summed E-state index contributed by atoms with van der Waals surface area (Å²) in [5.74, 6) is 2.21. The van der Waals surface area contributed by atoms with Crippen molar-refractivity contribution in [2.75, 3.05) is 23.7 Å². The van der Waals surface area contributed by atoms with Gasteiger partial charge in [0.15, 0.2) is 0 Å². The molecule has 0 radical (unpaired) electrons. The molecule has 1 aromatic heterocycles. The van der Waals surface area contributed by atoms with Gasteiger partial charge in [0, 0.05) is 36.7 Å². The monoisotopic (exact) mass is 280 g/mol. The van der Waals surface area contributed by atoms with E-state index in [0.29, 0.717) is 6.04 Å². The van der Waals surface area contributed by atoms with Crippen molar-refractivity contribution in [2.24, 2.45) is 0 Å². The zero-order valence-corrected chi connectivity index (χ0v) is 12.9. The zero-order valence-electron chi connectivity index (χ0n) is 12.1. The molecule has 1 aromatic rings. The summed E-state index contributed by atoms with van der Waals surface area (Å²) >= 11 is 2.08. The highest BCUT2D eigenvalue weighted by atomic mass is 32.2. The molecule has 0 spiro atoms.